The summed E-state index contributed by atoms with van der Waals surface area (Å²) in [5.41, 5.74) is 10.6. The molecule has 0 fully saturated rings. The van der Waals surface area contributed by atoms with Gasteiger partial charge in [0.25, 0.3) is 0 Å². The minimum Gasteiger partial charge on any atom is -0.456 e. The van der Waals surface area contributed by atoms with Gasteiger partial charge in [0.2, 0.25) is 0 Å². The molecule has 0 amide bonds. The van der Waals surface area contributed by atoms with Crippen LogP contribution in [-0.2, 0) is 0 Å². The molecule has 0 aliphatic heterocycles. The van der Waals surface area contributed by atoms with Crippen LogP contribution in [0, 0.1) is 11.3 Å². The van der Waals surface area contributed by atoms with Crippen LogP contribution in [0.15, 0.2) is 150 Å². The Morgan fingerprint density at radius 1 is 0.511 bits per heavy atom. The molecule has 0 aliphatic rings. The third kappa shape index (κ3) is 3.78. The highest BCUT2D eigenvalue weighted by atomic mass is 32.1. The second-order valence-corrected chi connectivity index (χ2v) is 13.0. The summed E-state index contributed by atoms with van der Waals surface area (Å²) in [6, 6.07) is 53.6. The molecule has 218 valence electrons. The number of nitrogens with zero attached hydrogens (tertiary/aromatic N) is 2. The van der Waals surface area contributed by atoms with E-state index in [2.05, 4.69) is 132 Å². The van der Waals surface area contributed by atoms with Gasteiger partial charge in [-0.05, 0) is 70.8 Å². The maximum atomic E-state index is 9.69. The Bertz CT molecular complexity index is 2920. The summed E-state index contributed by atoms with van der Waals surface area (Å²) >= 11 is 1.86. The topological polar surface area (TPSA) is 41.9 Å². The quantitative estimate of drug-likeness (QED) is 0.198. The number of fused-ring (bicyclic) bond motifs is 9. The molecule has 0 saturated heterocycles. The Hall–Kier alpha value is -6.15. The molecule has 3 aromatic heterocycles. The molecule has 0 radical (unpaired) electrons. The lowest BCUT2D eigenvalue weighted by molar-refractivity contribution is 0.669. The molecule has 47 heavy (non-hydrogen) atoms. The van der Waals surface area contributed by atoms with Crippen molar-refractivity contribution in [1.82, 2.24) is 4.57 Å². The number of nitriles is 1. The fourth-order valence-electron chi connectivity index (χ4n) is 7.34. The summed E-state index contributed by atoms with van der Waals surface area (Å²) in [6.07, 6.45) is 0. The van der Waals surface area contributed by atoms with E-state index in [0.29, 0.717) is 5.56 Å². The van der Waals surface area contributed by atoms with Crippen LogP contribution in [0.4, 0.5) is 0 Å². The molecule has 3 nitrogen and oxygen atoms in total. The first kappa shape index (κ1) is 26.1. The Balaban J connectivity index is 1.31. The largest absolute Gasteiger partial charge is 0.456 e. The molecule has 0 N–H and O–H groups in total. The lowest BCUT2D eigenvalue weighted by Crippen LogP contribution is -1.93. The Morgan fingerprint density at radius 2 is 1.26 bits per heavy atom. The van der Waals surface area contributed by atoms with Crippen LogP contribution in [0.2, 0.25) is 0 Å². The van der Waals surface area contributed by atoms with Crippen molar-refractivity contribution < 1.29 is 4.42 Å². The predicted molar refractivity (Wildman–Crippen MR) is 197 cm³/mol. The average Bonchev–Trinajstić information content (AvgIpc) is 3.81. The summed E-state index contributed by atoms with van der Waals surface area (Å²) in [5.74, 6) is 0. The predicted octanol–water partition coefficient (Wildman–Crippen LogP) is 12.3. The van der Waals surface area contributed by atoms with Crippen LogP contribution in [0.5, 0.6) is 0 Å². The second-order valence-electron chi connectivity index (χ2n) is 12.0. The highest BCUT2D eigenvalue weighted by Crippen LogP contribution is 2.48. The fourth-order valence-corrected chi connectivity index (χ4v) is 8.71. The molecule has 10 aromatic rings. The van der Waals surface area contributed by atoms with Crippen LogP contribution in [0.1, 0.15) is 5.56 Å². The lowest BCUT2D eigenvalue weighted by atomic mass is 9.94. The highest BCUT2D eigenvalue weighted by molar-refractivity contribution is 7.27. The van der Waals surface area contributed by atoms with Gasteiger partial charge in [-0.1, -0.05) is 97.1 Å². The Morgan fingerprint density at radius 3 is 2.15 bits per heavy atom. The van der Waals surface area contributed by atoms with Gasteiger partial charge in [0.15, 0.2) is 0 Å². The highest BCUT2D eigenvalue weighted by Gasteiger charge is 2.21. The van der Waals surface area contributed by atoms with E-state index in [0.717, 1.165) is 49.4 Å². The molecule has 7 aromatic carbocycles. The summed E-state index contributed by atoms with van der Waals surface area (Å²) in [4.78, 5) is 0. The first-order valence-corrected chi connectivity index (χ1v) is 16.5. The van der Waals surface area contributed by atoms with Crippen molar-refractivity contribution in [3.8, 4) is 34.0 Å². The zero-order valence-corrected chi connectivity index (χ0v) is 25.9. The third-order valence-corrected chi connectivity index (χ3v) is 10.7. The van der Waals surface area contributed by atoms with E-state index in [9.17, 15) is 5.26 Å². The van der Waals surface area contributed by atoms with Crippen LogP contribution in [-0.4, -0.2) is 4.57 Å². The van der Waals surface area contributed by atoms with E-state index in [1.165, 1.54) is 42.4 Å². The number of furan rings is 1. The molecule has 0 unspecified atom stereocenters. The monoisotopic (exact) mass is 616 g/mol. The van der Waals surface area contributed by atoms with Gasteiger partial charge >= 0.3 is 0 Å². The molecule has 0 aliphatic carbocycles. The summed E-state index contributed by atoms with van der Waals surface area (Å²) in [6.45, 7) is 0. The van der Waals surface area contributed by atoms with Crippen LogP contribution >= 0.6 is 11.3 Å². The van der Waals surface area contributed by atoms with Gasteiger partial charge in [0, 0.05) is 37.0 Å². The summed E-state index contributed by atoms with van der Waals surface area (Å²) in [7, 11) is 0. The first-order chi connectivity index (χ1) is 23.3. The average molecular weight is 617 g/mol. The Kier molecular flexibility index (Phi) is 5.51. The van der Waals surface area contributed by atoms with E-state index < -0.39 is 0 Å². The van der Waals surface area contributed by atoms with Crippen LogP contribution < -0.4 is 0 Å². The van der Waals surface area contributed by atoms with Crippen molar-refractivity contribution in [2.24, 2.45) is 0 Å². The molecule has 0 bridgehead atoms. The number of benzene rings is 7. The van der Waals surface area contributed by atoms with E-state index in [1.54, 1.807) is 0 Å². The van der Waals surface area contributed by atoms with Crippen molar-refractivity contribution in [2.75, 3.05) is 0 Å². The van der Waals surface area contributed by atoms with Crippen molar-refractivity contribution >= 4 is 75.3 Å². The number of para-hydroxylation sites is 2. The number of thiophene rings is 1. The number of rotatable bonds is 3. The first-order valence-electron chi connectivity index (χ1n) is 15.7. The lowest BCUT2D eigenvalue weighted by Gasteiger charge is -2.10. The van der Waals surface area contributed by atoms with E-state index in [4.69, 9.17) is 4.42 Å². The molecule has 0 saturated carbocycles. The maximum Gasteiger partial charge on any atom is 0.135 e. The van der Waals surface area contributed by atoms with E-state index >= 15 is 0 Å². The number of hydrogen-bond acceptors (Lipinski definition) is 3. The normalized spacial score (nSPS) is 11.8. The molecule has 0 spiro atoms. The van der Waals surface area contributed by atoms with Crippen molar-refractivity contribution in [2.45, 2.75) is 0 Å². The molecule has 4 heteroatoms. The van der Waals surface area contributed by atoms with Crippen LogP contribution in [0.25, 0.3) is 91.9 Å². The molecular weight excluding hydrogens is 593 g/mol. The van der Waals surface area contributed by atoms with E-state index in [1.807, 2.05) is 35.6 Å². The van der Waals surface area contributed by atoms with Gasteiger partial charge < -0.3 is 8.98 Å². The second kappa shape index (κ2) is 9.92. The van der Waals surface area contributed by atoms with Gasteiger partial charge in [-0.2, -0.15) is 5.26 Å². The minimum atomic E-state index is 0.667. The zero-order valence-electron chi connectivity index (χ0n) is 25.1. The maximum absolute atomic E-state index is 9.69. The minimum absolute atomic E-state index is 0.667. The number of aromatic nitrogens is 1. The smallest absolute Gasteiger partial charge is 0.135 e. The molecule has 3 heterocycles. The van der Waals surface area contributed by atoms with Gasteiger partial charge in [0.1, 0.15) is 11.2 Å². The van der Waals surface area contributed by atoms with Crippen molar-refractivity contribution in [3.05, 3.63) is 151 Å². The summed E-state index contributed by atoms with van der Waals surface area (Å²) < 4.78 is 11.1. The van der Waals surface area contributed by atoms with Gasteiger partial charge in [0.05, 0.1) is 33.1 Å². The molecular formula is C43H24N2OS. The van der Waals surface area contributed by atoms with Gasteiger partial charge in [-0.25, -0.2) is 0 Å². The molecule has 0 atom stereocenters. The fraction of sp³-hybridized carbons (Fsp3) is 0. The van der Waals surface area contributed by atoms with Crippen LogP contribution in [0.3, 0.4) is 0 Å². The third-order valence-electron chi connectivity index (χ3n) is 9.44. The van der Waals surface area contributed by atoms with Crippen molar-refractivity contribution in [1.29, 1.82) is 5.26 Å². The Labute approximate surface area is 273 Å². The molecule has 10 rings (SSSR count). The standard InChI is InChI=1S/C43H24N2OS/c44-25-26-17-21-37-34(23-26)31-11-4-6-14-36(31)45(37)38-15-8-13-33-41-29(19-20-30(43(41)47-42(33)38)27-9-2-1-3-10-27)28-18-22-40-35(24-28)32-12-5-7-16-39(32)46-40/h1-24H. The van der Waals surface area contributed by atoms with Gasteiger partial charge in [-0.3, -0.25) is 0 Å². The summed E-state index contributed by atoms with van der Waals surface area (Å²) in [5, 5.41) is 16.7. The van der Waals surface area contributed by atoms with Crippen molar-refractivity contribution in [3.63, 3.8) is 0 Å². The SMILES string of the molecule is N#Cc1ccc2c(c1)c1ccccc1n2-c1cccc2c1sc1c(-c3ccccc3)ccc(-c3ccc4oc5ccccc5c4c3)c12. The number of hydrogen-bond donors (Lipinski definition) is 0. The zero-order chi connectivity index (χ0) is 31.1. The van der Waals surface area contributed by atoms with E-state index in [-0.39, 0.29) is 0 Å². The van der Waals surface area contributed by atoms with Gasteiger partial charge in [-0.15, -0.1) is 11.3 Å².